The molecule has 9 nitrogen and oxygen atoms in total. The average molecular weight is 722 g/mol. The van der Waals surface area contributed by atoms with Crippen molar-refractivity contribution in [3.63, 3.8) is 0 Å². The molecule has 2 heterocycles. The van der Waals surface area contributed by atoms with E-state index in [4.69, 9.17) is 21.1 Å². The number of esters is 1. The van der Waals surface area contributed by atoms with Crippen molar-refractivity contribution in [1.29, 1.82) is 0 Å². The fourth-order valence-corrected chi connectivity index (χ4v) is 5.94. The molecule has 0 saturated heterocycles. The number of carbonyl (C=O) groups is 2. The Labute approximate surface area is 299 Å². The highest BCUT2D eigenvalue weighted by atomic mass is 35.5. The van der Waals surface area contributed by atoms with E-state index in [9.17, 15) is 22.8 Å². The lowest BCUT2D eigenvalue weighted by atomic mass is 9.99. The van der Waals surface area contributed by atoms with Crippen LogP contribution >= 0.6 is 11.6 Å². The summed E-state index contributed by atoms with van der Waals surface area (Å²) >= 11 is 6.14. The molecule has 0 spiro atoms. The quantitative estimate of drug-likeness (QED) is 0.130. The second kappa shape index (κ2) is 14.9. The minimum atomic E-state index is -4.51. The lowest BCUT2D eigenvalue weighted by Crippen LogP contribution is -2.46. The summed E-state index contributed by atoms with van der Waals surface area (Å²) in [5.41, 5.74) is 0.406. The maximum Gasteiger partial charge on any atom is 0.416 e. The van der Waals surface area contributed by atoms with Crippen LogP contribution in [-0.2, 0) is 10.9 Å². The predicted octanol–water partition coefficient (Wildman–Crippen LogP) is 8.27. The van der Waals surface area contributed by atoms with Gasteiger partial charge < -0.3 is 19.7 Å². The van der Waals surface area contributed by atoms with Crippen molar-refractivity contribution in [3.8, 4) is 28.3 Å². The highest BCUT2D eigenvalue weighted by Crippen LogP contribution is 2.42. The van der Waals surface area contributed by atoms with Crippen molar-refractivity contribution in [2.24, 2.45) is 11.8 Å². The van der Waals surface area contributed by atoms with Gasteiger partial charge in [0.2, 0.25) is 5.88 Å². The molecule has 2 aliphatic rings. The first-order chi connectivity index (χ1) is 24.3. The third-order valence-corrected chi connectivity index (χ3v) is 9.41. The van der Waals surface area contributed by atoms with E-state index >= 15 is 0 Å². The molecule has 13 heteroatoms. The Hall–Kier alpha value is -4.71. The molecule has 0 bridgehead atoms. The minimum absolute atomic E-state index is 0.00179. The fraction of sp³-hybridized carbons (Fsp3) is 0.395. The summed E-state index contributed by atoms with van der Waals surface area (Å²) in [6.07, 6.45) is 2.82. The van der Waals surface area contributed by atoms with Gasteiger partial charge in [-0.2, -0.15) is 13.2 Å². The first-order valence-corrected chi connectivity index (χ1v) is 17.4. The Kier molecular flexibility index (Phi) is 10.5. The number of carbonyl (C=O) groups excluding carboxylic acids is 2. The molecule has 2 saturated carbocycles. The predicted molar refractivity (Wildman–Crippen MR) is 188 cm³/mol. The monoisotopic (exact) mass is 721 g/mol. The number of alkyl halides is 3. The summed E-state index contributed by atoms with van der Waals surface area (Å²) in [6, 6.07) is 13.6. The lowest BCUT2D eigenvalue weighted by molar-refractivity contribution is -0.137. The van der Waals surface area contributed by atoms with Gasteiger partial charge in [0, 0.05) is 41.9 Å². The molecule has 4 aromatic rings. The van der Waals surface area contributed by atoms with E-state index in [1.165, 1.54) is 24.5 Å². The molecule has 0 radical (unpaired) electrons. The molecule has 1 amide bonds. The van der Waals surface area contributed by atoms with Crippen molar-refractivity contribution in [2.75, 3.05) is 31.6 Å². The van der Waals surface area contributed by atoms with Crippen LogP contribution in [0.5, 0.6) is 5.88 Å². The molecular formula is C38H39ClF3N5O4. The molecular weight excluding hydrogens is 683 g/mol. The van der Waals surface area contributed by atoms with Gasteiger partial charge >= 0.3 is 12.1 Å². The number of hydrogen-bond acceptors (Lipinski definition) is 8. The van der Waals surface area contributed by atoms with Crippen LogP contribution < -0.4 is 15.0 Å². The van der Waals surface area contributed by atoms with Gasteiger partial charge in [-0.05, 0) is 80.8 Å². The van der Waals surface area contributed by atoms with Gasteiger partial charge in [-0.3, -0.25) is 4.79 Å². The van der Waals surface area contributed by atoms with Gasteiger partial charge in [0.25, 0.3) is 5.91 Å². The molecule has 2 aliphatic carbocycles. The van der Waals surface area contributed by atoms with Gasteiger partial charge in [0.05, 0.1) is 30.5 Å². The highest BCUT2D eigenvalue weighted by molar-refractivity contribution is 6.30. The number of benzene rings is 2. The smallest absolute Gasteiger partial charge is 0.416 e. The lowest BCUT2D eigenvalue weighted by Gasteiger charge is -2.30. The Morgan fingerprint density at radius 2 is 1.67 bits per heavy atom. The summed E-state index contributed by atoms with van der Waals surface area (Å²) in [5, 5.41) is 3.53. The van der Waals surface area contributed by atoms with Crippen molar-refractivity contribution in [2.45, 2.75) is 57.7 Å². The molecule has 2 fully saturated rings. The average Bonchev–Trinajstić information content (AvgIpc) is 4.05. The molecule has 1 unspecified atom stereocenters. The van der Waals surface area contributed by atoms with Crippen LogP contribution in [0.1, 0.15) is 72.4 Å². The molecule has 0 aliphatic heterocycles. The van der Waals surface area contributed by atoms with Crippen LogP contribution in [0, 0.1) is 11.8 Å². The second-order valence-corrected chi connectivity index (χ2v) is 13.9. The Morgan fingerprint density at radius 3 is 2.29 bits per heavy atom. The van der Waals surface area contributed by atoms with Crippen molar-refractivity contribution < 1.29 is 32.2 Å². The zero-order valence-corrected chi connectivity index (χ0v) is 29.4. The zero-order chi connectivity index (χ0) is 36.3. The van der Waals surface area contributed by atoms with Crippen LogP contribution in [0.15, 0.2) is 67.0 Å². The largest absolute Gasteiger partial charge is 0.476 e. The van der Waals surface area contributed by atoms with E-state index in [1.54, 1.807) is 25.1 Å². The van der Waals surface area contributed by atoms with Crippen LogP contribution in [-0.4, -0.2) is 59.2 Å². The summed E-state index contributed by atoms with van der Waals surface area (Å²) in [5.74, 6) is 0.0709. The SMILES string of the molecule is CCCN(C)c1ncc(C(=O)NCC(C)(OC(=O)c2cnc(OCC3CC3)c(-c3ccc(C(F)(F)F)cc3)n2)C2CC2)cc1-c1ccc(Cl)cc1. The Bertz CT molecular complexity index is 1880. The van der Waals surface area contributed by atoms with E-state index in [2.05, 4.69) is 27.2 Å². The summed E-state index contributed by atoms with van der Waals surface area (Å²) in [6.45, 7) is 5.03. The van der Waals surface area contributed by atoms with Crippen molar-refractivity contribution >= 4 is 29.3 Å². The fourth-order valence-electron chi connectivity index (χ4n) is 5.82. The number of pyridine rings is 1. The molecule has 1 atom stereocenters. The van der Waals surface area contributed by atoms with E-state index in [-0.39, 0.29) is 35.6 Å². The first-order valence-electron chi connectivity index (χ1n) is 17.0. The summed E-state index contributed by atoms with van der Waals surface area (Å²) in [4.78, 5) is 42.6. The number of amides is 1. The van der Waals surface area contributed by atoms with E-state index in [0.29, 0.717) is 28.7 Å². The second-order valence-electron chi connectivity index (χ2n) is 13.4. The topological polar surface area (TPSA) is 107 Å². The minimum Gasteiger partial charge on any atom is -0.476 e. The number of ether oxygens (including phenoxy) is 2. The van der Waals surface area contributed by atoms with Crippen LogP contribution in [0.2, 0.25) is 5.02 Å². The molecule has 51 heavy (non-hydrogen) atoms. The van der Waals surface area contributed by atoms with Gasteiger partial charge in [-0.1, -0.05) is 42.8 Å². The van der Waals surface area contributed by atoms with Crippen LogP contribution in [0.3, 0.4) is 0 Å². The van der Waals surface area contributed by atoms with Crippen molar-refractivity contribution in [1.82, 2.24) is 20.3 Å². The Morgan fingerprint density at radius 1 is 0.980 bits per heavy atom. The van der Waals surface area contributed by atoms with Gasteiger partial charge in [-0.25, -0.2) is 19.7 Å². The number of nitrogens with zero attached hydrogens (tertiary/aromatic N) is 4. The highest BCUT2D eigenvalue weighted by Gasteiger charge is 2.45. The van der Waals surface area contributed by atoms with E-state index in [1.807, 2.05) is 24.1 Å². The number of aromatic nitrogens is 3. The van der Waals surface area contributed by atoms with E-state index in [0.717, 1.165) is 67.7 Å². The normalized spacial score (nSPS) is 15.5. The summed E-state index contributed by atoms with van der Waals surface area (Å²) < 4.78 is 51.6. The third-order valence-electron chi connectivity index (χ3n) is 9.16. The molecule has 268 valence electrons. The number of anilines is 1. The Balaban J connectivity index is 1.20. The first kappa shape index (κ1) is 36.1. The number of hydrogen-bond donors (Lipinski definition) is 1. The van der Waals surface area contributed by atoms with Gasteiger partial charge in [0.1, 0.15) is 17.1 Å². The maximum atomic E-state index is 13.6. The van der Waals surface area contributed by atoms with Gasteiger partial charge in [-0.15, -0.1) is 0 Å². The molecule has 6 rings (SSSR count). The number of rotatable bonds is 14. The van der Waals surface area contributed by atoms with Crippen LogP contribution in [0.4, 0.5) is 19.0 Å². The number of halogens is 4. The molecule has 1 N–H and O–H groups in total. The maximum absolute atomic E-state index is 13.6. The van der Waals surface area contributed by atoms with Crippen LogP contribution in [0.25, 0.3) is 22.4 Å². The third kappa shape index (κ3) is 8.79. The van der Waals surface area contributed by atoms with Gasteiger partial charge in [0.15, 0.2) is 5.69 Å². The summed E-state index contributed by atoms with van der Waals surface area (Å²) in [7, 11) is 1.95. The number of nitrogens with one attached hydrogen (secondary N) is 1. The zero-order valence-electron chi connectivity index (χ0n) is 28.6. The molecule has 2 aromatic heterocycles. The van der Waals surface area contributed by atoms with Crippen molar-refractivity contribution in [3.05, 3.63) is 88.8 Å². The molecule has 2 aromatic carbocycles. The van der Waals surface area contributed by atoms with E-state index < -0.39 is 23.3 Å². The standard InChI is InChI=1S/C38H39ClF3N5O4/c1-4-17-47(3)33-30(24-9-15-29(39)16-10-24)18-26(19-43-33)34(48)45-22-37(2,27-13-14-27)51-36(49)31-20-44-35(50-21-23-5-6-23)32(46-31)25-7-11-28(12-8-25)38(40,41)42/h7-12,15-16,18-20,23,27H,4-6,13-14,17,21-22H2,1-3H3,(H,45,48).